The van der Waals surface area contributed by atoms with E-state index in [4.69, 9.17) is 5.73 Å². The minimum Gasteiger partial charge on any atom is -0.390 e. The van der Waals surface area contributed by atoms with E-state index in [1.807, 2.05) is 6.92 Å². The zero-order valence-corrected chi connectivity index (χ0v) is 15.7. The number of aliphatic hydroxyl groups is 1. The average molecular weight is 381 g/mol. The highest BCUT2D eigenvalue weighted by atomic mass is 16.3. The summed E-state index contributed by atoms with van der Waals surface area (Å²) in [6.07, 6.45) is 1.66. The van der Waals surface area contributed by atoms with Gasteiger partial charge in [0.05, 0.1) is 24.0 Å². The number of aromatic nitrogens is 8. The van der Waals surface area contributed by atoms with Gasteiger partial charge in [-0.15, -0.1) is 5.10 Å². The number of nitrogens with two attached hydrogens (primary N) is 1. The van der Waals surface area contributed by atoms with Gasteiger partial charge in [-0.1, -0.05) is 0 Å². The topological polar surface area (TPSA) is 143 Å². The van der Waals surface area contributed by atoms with E-state index in [2.05, 4.69) is 25.3 Å². The van der Waals surface area contributed by atoms with Crippen molar-refractivity contribution in [2.24, 2.45) is 19.8 Å². The summed E-state index contributed by atoms with van der Waals surface area (Å²) in [4.78, 5) is 20.8. The summed E-state index contributed by atoms with van der Waals surface area (Å²) in [6, 6.07) is 3.35. The summed E-state index contributed by atoms with van der Waals surface area (Å²) >= 11 is 0. The molecule has 0 aromatic carbocycles. The number of nitrogens with zero attached hydrogens (tertiary/aromatic N) is 8. The molecule has 144 valence electrons. The molecule has 0 aliphatic carbocycles. The average Bonchev–Trinajstić information content (AvgIpc) is 3.37. The van der Waals surface area contributed by atoms with E-state index in [9.17, 15) is 9.90 Å². The molecule has 4 aromatic rings. The predicted molar refractivity (Wildman–Crippen MR) is 99.8 cm³/mol. The number of primary amides is 1. The standard InChI is InChI=1S/C17H19N9O2/c1-4-26-13(5-9(8-27)22-26)16-21-17(25(3)23-16)14-10-7-19-24(2)12(10)6-11(20-14)15(18)28/h5-7,27H,4,8H2,1-3H3,(H2,18,28). The molecular weight excluding hydrogens is 362 g/mol. The van der Waals surface area contributed by atoms with Crippen LogP contribution in [0.4, 0.5) is 0 Å². The Morgan fingerprint density at radius 3 is 2.64 bits per heavy atom. The number of rotatable bonds is 5. The first-order chi connectivity index (χ1) is 13.4. The van der Waals surface area contributed by atoms with Crippen LogP contribution in [0.25, 0.3) is 33.9 Å². The van der Waals surface area contributed by atoms with Crippen molar-refractivity contribution in [2.45, 2.75) is 20.1 Å². The van der Waals surface area contributed by atoms with Crippen molar-refractivity contribution in [3.63, 3.8) is 0 Å². The number of amides is 1. The third-order valence-corrected chi connectivity index (χ3v) is 4.49. The number of aliphatic hydroxyl groups excluding tert-OH is 1. The SMILES string of the molecule is CCn1nc(CO)cc1-c1nc(-c2nc(C(N)=O)cc3c2cnn3C)n(C)n1. The maximum absolute atomic E-state index is 11.7. The maximum atomic E-state index is 11.7. The molecule has 4 aromatic heterocycles. The summed E-state index contributed by atoms with van der Waals surface area (Å²) < 4.78 is 4.95. The first-order valence-electron chi connectivity index (χ1n) is 8.64. The molecule has 0 bridgehead atoms. The quantitative estimate of drug-likeness (QED) is 0.504. The number of pyridine rings is 1. The van der Waals surface area contributed by atoms with Gasteiger partial charge in [0.1, 0.15) is 17.1 Å². The molecular formula is C17H19N9O2. The first kappa shape index (κ1) is 17.8. The summed E-state index contributed by atoms with van der Waals surface area (Å²) in [5, 5.41) is 23.1. The Morgan fingerprint density at radius 1 is 1.18 bits per heavy atom. The van der Waals surface area contributed by atoms with Crippen LogP contribution >= 0.6 is 0 Å². The number of aryl methyl sites for hydroxylation is 3. The van der Waals surface area contributed by atoms with Crippen molar-refractivity contribution >= 4 is 16.8 Å². The number of hydrogen-bond donors (Lipinski definition) is 2. The number of hydrogen-bond acceptors (Lipinski definition) is 7. The van der Waals surface area contributed by atoms with Gasteiger partial charge in [0, 0.05) is 26.0 Å². The number of fused-ring (bicyclic) bond motifs is 1. The second-order valence-electron chi connectivity index (χ2n) is 6.30. The van der Waals surface area contributed by atoms with Crippen LogP contribution in [0.3, 0.4) is 0 Å². The van der Waals surface area contributed by atoms with E-state index in [1.165, 1.54) is 0 Å². The minimum atomic E-state index is -0.636. The molecule has 0 fully saturated rings. The van der Waals surface area contributed by atoms with Crippen molar-refractivity contribution in [1.82, 2.24) is 39.3 Å². The van der Waals surface area contributed by atoms with Crippen molar-refractivity contribution in [3.8, 4) is 23.0 Å². The molecule has 11 heteroatoms. The van der Waals surface area contributed by atoms with Gasteiger partial charge < -0.3 is 10.8 Å². The lowest BCUT2D eigenvalue weighted by molar-refractivity contribution is 0.0996. The molecule has 28 heavy (non-hydrogen) atoms. The molecule has 0 spiro atoms. The third-order valence-electron chi connectivity index (χ3n) is 4.49. The van der Waals surface area contributed by atoms with Crippen LogP contribution in [-0.4, -0.2) is 50.3 Å². The molecule has 0 radical (unpaired) electrons. The van der Waals surface area contributed by atoms with Crippen LogP contribution in [0.1, 0.15) is 23.1 Å². The van der Waals surface area contributed by atoms with Crippen LogP contribution in [0.2, 0.25) is 0 Å². The molecule has 0 aliphatic heterocycles. The molecule has 1 amide bonds. The molecule has 0 unspecified atom stereocenters. The summed E-state index contributed by atoms with van der Waals surface area (Å²) in [5.74, 6) is 0.267. The van der Waals surface area contributed by atoms with Gasteiger partial charge in [-0.3, -0.25) is 14.2 Å². The van der Waals surface area contributed by atoms with Crippen LogP contribution in [0.5, 0.6) is 0 Å². The van der Waals surface area contributed by atoms with Crippen LogP contribution in [0.15, 0.2) is 18.3 Å². The van der Waals surface area contributed by atoms with Gasteiger partial charge in [-0.05, 0) is 19.1 Å². The molecule has 4 rings (SSSR count). The second-order valence-corrected chi connectivity index (χ2v) is 6.30. The van der Waals surface area contributed by atoms with Crippen molar-refractivity contribution < 1.29 is 9.90 Å². The van der Waals surface area contributed by atoms with E-state index in [1.54, 1.807) is 46.5 Å². The molecule has 0 aliphatic rings. The highest BCUT2D eigenvalue weighted by Crippen LogP contribution is 2.28. The first-order valence-corrected chi connectivity index (χ1v) is 8.64. The van der Waals surface area contributed by atoms with Gasteiger partial charge in [0.25, 0.3) is 5.91 Å². The summed E-state index contributed by atoms with van der Waals surface area (Å²) in [6.45, 7) is 2.38. The van der Waals surface area contributed by atoms with E-state index < -0.39 is 5.91 Å². The minimum absolute atomic E-state index is 0.122. The number of carbonyl (C=O) groups excluding carboxylic acids is 1. The van der Waals surface area contributed by atoms with E-state index in [-0.39, 0.29) is 12.3 Å². The lowest BCUT2D eigenvalue weighted by Crippen LogP contribution is -2.14. The zero-order chi connectivity index (χ0) is 20.0. The lowest BCUT2D eigenvalue weighted by atomic mass is 10.2. The molecule has 3 N–H and O–H groups in total. The second kappa shape index (κ2) is 6.53. The van der Waals surface area contributed by atoms with Crippen LogP contribution < -0.4 is 5.73 Å². The Morgan fingerprint density at radius 2 is 1.96 bits per heavy atom. The third kappa shape index (κ3) is 2.72. The predicted octanol–water partition coefficient (Wildman–Crippen LogP) is 0.238. The van der Waals surface area contributed by atoms with Gasteiger partial charge >= 0.3 is 0 Å². The molecule has 0 saturated heterocycles. The van der Waals surface area contributed by atoms with E-state index in [0.29, 0.717) is 40.8 Å². The Hall–Kier alpha value is -3.60. The van der Waals surface area contributed by atoms with Gasteiger partial charge in [0.2, 0.25) is 0 Å². The molecule has 11 nitrogen and oxygen atoms in total. The fourth-order valence-corrected chi connectivity index (χ4v) is 3.11. The van der Waals surface area contributed by atoms with E-state index >= 15 is 0 Å². The van der Waals surface area contributed by atoms with Gasteiger partial charge in [-0.2, -0.15) is 10.2 Å². The lowest BCUT2D eigenvalue weighted by Gasteiger charge is -2.04. The zero-order valence-electron chi connectivity index (χ0n) is 15.7. The van der Waals surface area contributed by atoms with Gasteiger partial charge in [0.15, 0.2) is 11.6 Å². The highest BCUT2D eigenvalue weighted by Gasteiger charge is 2.21. The van der Waals surface area contributed by atoms with Crippen LogP contribution in [-0.2, 0) is 27.2 Å². The van der Waals surface area contributed by atoms with E-state index in [0.717, 1.165) is 5.39 Å². The Bertz CT molecular complexity index is 1200. The summed E-state index contributed by atoms with van der Waals surface area (Å²) in [7, 11) is 3.52. The van der Waals surface area contributed by atoms with Gasteiger partial charge in [-0.25, -0.2) is 14.6 Å². The smallest absolute Gasteiger partial charge is 0.267 e. The molecule has 4 heterocycles. The van der Waals surface area contributed by atoms with Crippen molar-refractivity contribution in [2.75, 3.05) is 0 Å². The number of carbonyl (C=O) groups is 1. The maximum Gasteiger partial charge on any atom is 0.267 e. The van der Waals surface area contributed by atoms with Crippen molar-refractivity contribution in [3.05, 3.63) is 29.7 Å². The molecule has 0 atom stereocenters. The molecule has 0 saturated carbocycles. The highest BCUT2D eigenvalue weighted by molar-refractivity contribution is 5.99. The van der Waals surface area contributed by atoms with Crippen LogP contribution in [0, 0.1) is 0 Å². The fourth-order valence-electron chi connectivity index (χ4n) is 3.11. The fraction of sp³-hybridized carbons (Fsp3) is 0.294. The Kier molecular flexibility index (Phi) is 4.15. The monoisotopic (exact) mass is 381 g/mol. The largest absolute Gasteiger partial charge is 0.390 e. The normalized spacial score (nSPS) is 11.4. The Balaban J connectivity index is 1.92. The summed E-state index contributed by atoms with van der Waals surface area (Å²) in [5.41, 5.74) is 7.97. The Labute approximate surface area is 159 Å². The van der Waals surface area contributed by atoms with Crippen molar-refractivity contribution in [1.29, 1.82) is 0 Å².